The lowest BCUT2D eigenvalue weighted by Gasteiger charge is -2.06. The summed E-state index contributed by atoms with van der Waals surface area (Å²) in [5.74, 6) is 0.349. The molecule has 0 saturated heterocycles. The fourth-order valence-electron chi connectivity index (χ4n) is 1.17. The van der Waals surface area contributed by atoms with Crippen molar-refractivity contribution in [2.75, 3.05) is 19.8 Å². The minimum atomic E-state index is -3.70. The highest BCUT2D eigenvalue weighted by molar-refractivity contribution is 7.89. The Labute approximate surface area is 107 Å². The van der Waals surface area contributed by atoms with Crippen molar-refractivity contribution in [2.45, 2.75) is 24.7 Å². The largest absolute Gasteiger partial charge is 0.475 e. The molecule has 2 N–H and O–H groups in total. The maximum atomic E-state index is 11.0. The van der Waals surface area contributed by atoms with Crippen LogP contribution < -0.4 is 9.88 Å². The Morgan fingerprint density at radius 3 is 2.61 bits per heavy atom. The second-order valence-electron chi connectivity index (χ2n) is 3.69. The summed E-state index contributed by atoms with van der Waals surface area (Å²) >= 11 is 0. The molecule has 0 radical (unpaired) electrons. The molecule has 0 bridgehead atoms. The summed E-state index contributed by atoms with van der Waals surface area (Å²) in [4.78, 5) is 3.81. The van der Waals surface area contributed by atoms with Crippen LogP contribution in [0, 0.1) is 0 Å². The van der Waals surface area contributed by atoms with Crippen LogP contribution in [0.2, 0.25) is 0 Å². The van der Waals surface area contributed by atoms with Crippen LogP contribution in [0.15, 0.2) is 23.2 Å². The van der Waals surface area contributed by atoms with E-state index in [1.165, 1.54) is 18.3 Å². The highest BCUT2D eigenvalue weighted by atomic mass is 32.2. The Hall–Kier alpha value is -1.18. The molecule has 1 aromatic heterocycles. The van der Waals surface area contributed by atoms with E-state index in [4.69, 9.17) is 14.6 Å². The molecule has 6 nitrogen and oxygen atoms in total. The van der Waals surface area contributed by atoms with Crippen molar-refractivity contribution in [1.29, 1.82) is 0 Å². The van der Waals surface area contributed by atoms with Gasteiger partial charge in [-0.1, -0.05) is 13.3 Å². The molecule has 0 saturated carbocycles. The minimum Gasteiger partial charge on any atom is -0.475 e. The number of hydrogen-bond acceptors (Lipinski definition) is 5. The summed E-state index contributed by atoms with van der Waals surface area (Å²) in [5.41, 5.74) is 0. The Bertz CT molecular complexity index is 445. The highest BCUT2D eigenvalue weighted by Gasteiger charge is 2.07. The highest BCUT2D eigenvalue weighted by Crippen LogP contribution is 2.10. The van der Waals surface area contributed by atoms with Crippen molar-refractivity contribution in [3.05, 3.63) is 18.3 Å². The monoisotopic (exact) mass is 274 g/mol. The predicted molar refractivity (Wildman–Crippen MR) is 66.8 cm³/mol. The maximum absolute atomic E-state index is 11.0. The summed E-state index contributed by atoms with van der Waals surface area (Å²) in [5, 5.41) is 4.95. The smallest absolute Gasteiger partial charge is 0.239 e. The van der Waals surface area contributed by atoms with Crippen LogP contribution >= 0.6 is 0 Å². The van der Waals surface area contributed by atoms with Crippen molar-refractivity contribution in [3.63, 3.8) is 0 Å². The summed E-state index contributed by atoms with van der Waals surface area (Å²) < 4.78 is 32.6. The van der Waals surface area contributed by atoms with E-state index in [9.17, 15) is 8.42 Å². The normalized spacial score (nSPS) is 11.4. The van der Waals surface area contributed by atoms with E-state index in [0.717, 1.165) is 19.4 Å². The molecule has 18 heavy (non-hydrogen) atoms. The third-order valence-corrected chi connectivity index (χ3v) is 3.06. The van der Waals surface area contributed by atoms with Gasteiger partial charge in [0.2, 0.25) is 15.9 Å². The fraction of sp³-hybridized carbons (Fsp3) is 0.545. The molecular weight excluding hydrogens is 256 g/mol. The van der Waals surface area contributed by atoms with Gasteiger partial charge in [0.15, 0.2) is 0 Å². The lowest BCUT2D eigenvalue weighted by Crippen LogP contribution is -2.13. The number of ether oxygens (including phenoxy) is 2. The van der Waals surface area contributed by atoms with Crippen LogP contribution in [0.1, 0.15) is 19.8 Å². The van der Waals surface area contributed by atoms with Gasteiger partial charge in [0.25, 0.3) is 0 Å². The molecule has 0 aliphatic rings. The quantitative estimate of drug-likeness (QED) is 0.712. The molecular formula is C11H18N2O4S. The van der Waals surface area contributed by atoms with E-state index in [0.29, 0.717) is 19.1 Å². The van der Waals surface area contributed by atoms with E-state index in [1.807, 2.05) is 0 Å². The summed E-state index contributed by atoms with van der Waals surface area (Å²) in [6.45, 7) is 3.68. The van der Waals surface area contributed by atoms with Gasteiger partial charge in [-0.25, -0.2) is 18.5 Å². The third kappa shape index (κ3) is 5.44. The van der Waals surface area contributed by atoms with E-state index >= 15 is 0 Å². The molecule has 102 valence electrons. The number of nitrogens with zero attached hydrogens (tertiary/aromatic N) is 1. The molecule has 1 heterocycles. The number of pyridine rings is 1. The first-order valence-corrected chi connectivity index (χ1v) is 7.28. The molecule has 0 fully saturated rings. The number of primary sulfonamides is 1. The molecule has 1 aromatic rings. The number of nitrogens with two attached hydrogens (primary N) is 1. The lowest BCUT2D eigenvalue weighted by atomic mass is 10.4. The summed E-state index contributed by atoms with van der Waals surface area (Å²) in [6.07, 6.45) is 3.29. The van der Waals surface area contributed by atoms with E-state index in [-0.39, 0.29) is 4.90 Å². The maximum Gasteiger partial charge on any atom is 0.239 e. The molecule has 0 atom stereocenters. The van der Waals surface area contributed by atoms with Crippen LogP contribution in [0.5, 0.6) is 5.88 Å². The van der Waals surface area contributed by atoms with Crippen LogP contribution in [0.25, 0.3) is 0 Å². The Morgan fingerprint density at radius 1 is 1.28 bits per heavy atom. The van der Waals surface area contributed by atoms with Crippen molar-refractivity contribution < 1.29 is 17.9 Å². The Morgan fingerprint density at radius 2 is 2.06 bits per heavy atom. The van der Waals surface area contributed by atoms with Gasteiger partial charge in [-0.2, -0.15) is 0 Å². The molecule has 0 aliphatic heterocycles. The number of unbranched alkanes of at least 4 members (excludes halogenated alkanes) is 1. The number of aromatic nitrogens is 1. The van der Waals surface area contributed by atoms with E-state index < -0.39 is 10.0 Å². The first-order chi connectivity index (χ1) is 8.54. The second kappa shape index (κ2) is 7.30. The van der Waals surface area contributed by atoms with Gasteiger partial charge in [0.1, 0.15) is 11.5 Å². The molecule has 0 aromatic carbocycles. The van der Waals surface area contributed by atoms with Gasteiger partial charge >= 0.3 is 0 Å². The average molecular weight is 274 g/mol. The standard InChI is InChI=1S/C11H18N2O4S/c1-2-3-6-16-7-8-17-11-5-4-10(9-13-11)18(12,14)15/h4-5,9H,2-3,6-8H2,1H3,(H2,12,14,15). The van der Waals surface area contributed by atoms with E-state index in [1.54, 1.807) is 0 Å². The van der Waals surface area contributed by atoms with E-state index in [2.05, 4.69) is 11.9 Å². The van der Waals surface area contributed by atoms with Gasteiger partial charge in [-0.05, 0) is 12.5 Å². The number of hydrogen-bond donors (Lipinski definition) is 1. The first-order valence-electron chi connectivity index (χ1n) is 5.73. The third-order valence-electron chi connectivity index (χ3n) is 2.16. The SMILES string of the molecule is CCCCOCCOc1ccc(S(N)(=O)=O)cn1. The molecule has 0 spiro atoms. The van der Waals surface area contributed by atoms with Crippen molar-refractivity contribution in [1.82, 2.24) is 4.98 Å². The second-order valence-corrected chi connectivity index (χ2v) is 5.25. The van der Waals surface area contributed by atoms with Gasteiger partial charge in [-0.3, -0.25) is 0 Å². The van der Waals surface area contributed by atoms with Crippen LogP contribution in [0.3, 0.4) is 0 Å². The van der Waals surface area contributed by atoms with Crippen LogP contribution in [0.4, 0.5) is 0 Å². The topological polar surface area (TPSA) is 91.5 Å². The van der Waals surface area contributed by atoms with Gasteiger partial charge in [-0.15, -0.1) is 0 Å². The number of sulfonamides is 1. The van der Waals surface area contributed by atoms with Gasteiger partial charge < -0.3 is 9.47 Å². The lowest BCUT2D eigenvalue weighted by molar-refractivity contribution is 0.0965. The summed E-state index contributed by atoms with van der Waals surface area (Å²) in [6, 6.07) is 2.82. The zero-order chi connectivity index (χ0) is 13.4. The fourth-order valence-corrected chi connectivity index (χ4v) is 1.63. The predicted octanol–water partition coefficient (Wildman–Crippen LogP) is 0.924. The first kappa shape index (κ1) is 14.9. The zero-order valence-electron chi connectivity index (χ0n) is 10.3. The van der Waals surface area contributed by atoms with Crippen LogP contribution in [-0.4, -0.2) is 33.2 Å². The van der Waals surface area contributed by atoms with Gasteiger partial charge in [0.05, 0.1) is 12.8 Å². The van der Waals surface area contributed by atoms with Gasteiger partial charge in [0, 0.05) is 12.7 Å². The van der Waals surface area contributed by atoms with Crippen molar-refractivity contribution >= 4 is 10.0 Å². The summed E-state index contributed by atoms with van der Waals surface area (Å²) in [7, 11) is -3.70. The molecule has 7 heteroatoms. The molecule has 0 unspecified atom stereocenters. The zero-order valence-corrected chi connectivity index (χ0v) is 11.1. The minimum absolute atomic E-state index is 0.0333. The number of rotatable bonds is 8. The average Bonchev–Trinajstić information content (AvgIpc) is 2.33. The Balaban J connectivity index is 2.32. The molecule has 0 amide bonds. The molecule has 1 rings (SSSR count). The Kier molecular flexibility index (Phi) is 6.03. The van der Waals surface area contributed by atoms with Crippen LogP contribution in [-0.2, 0) is 14.8 Å². The van der Waals surface area contributed by atoms with Crippen molar-refractivity contribution in [2.24, 2.45) is 5.14 Å². The molecule has 0 aliphatic carbocycles. The van der Waals surface area contributed by atoms with Crippen molar-refractivity contribution in [3.8, 4) is 5.88 Å².